The van der Waals surface area contributed by atoms with Gasteiger partial charge in [-0.05, 0) is 17.7 Å². The van der Waals surface area contributed by atoms with E-state index in [1.54, 1.807) is 6.20 Å². The number of rotatable bonds is 2. The number of hydrogen-bond donors (Lipinski definition) is 2. The standard InChI is InChI=1S/C11H10F3N3.2BrH/c12-11(13,14)8-3-1-7(2-4-8)9-6-16-10(5-15)17-9;;/h1-4,6H,5,15H2,(H,16,17);2*1H. The Morgan fingerprint density at radius 2 is 1.68 bits per heavy atom. The van der Waals surface area contributed by atoms with Crippen molar-refractivity contribution in [3.8, 4) is 11.3 Å². The largest absolute Gasteiger partial charge is 0.416 e. The van der Waals surface area contributed by atoms with Crippen molar-refractivity contribution in [3.63, 3.8) is 0 Å². The first-order chi connectivity index (χ1) is 8.00. The molecule has 0 unspecified atom stereocenters. The highest BCUT2D eigenvalue weighted by molar-refractivity contribution is 8.93. The molecule has 0 aliphatic heterocycles. The minimum atomic E-state index is -4.31. The van der Waals surface area contributed by atoms with Gasteiger partial charge in [-0.3, -0.25) is 0 Å². The molecule has 106 valence electrons. The first-order valence-electron chi connectivity index (χ1n) is 4.92. The summed E-state index contributed by atoms with van der Waals surface area (Å²) in [5.41, 5.74) is 6.01. The third-order valence-corrected chi connectivity index (χ3v) is 2.35. The predicted octanol–water partition coefficient (Wildman–Crippen LogP) is 3.71. The van der Waals surface area contributed by atoms with E-state index < -0.39 is 11.7 Å². The van der Waals surface area contributed by atoms with Gasteiger partial charge in [-0.25, -0.2) is 4.98 Å². The molecule has 19 heavy (non-hydrogen) atoms. The summed E-state index contributed by atoms with van der Waals surface area (Å²) < 4.78 is 37.0. The van der Waals surface area contributed by atoms with Gasteiger partial charge in [-0.15, -0.1) is 34.0 Å². The summed E-state index contributed by atoms with van der Waals surface area (Å²) in [6, 6.07) is 4.88. The van der Waals surface area contributed by atoms with Crippen LogP contribution in [0.15, 0.2) is 30.5 Å². The average molecular weight is 403 g/mol. The molecule has 0 saturated heterocycles. The molecule has 0 fully saturated rings. The SMILES string of the molecule is Br.Br.NCc1ncc(-c2ccc(C(F)(F)F)cc2)[nH]1. The fourth-order valence-corrected chi connectivity index (χ4v) is 1.45. The number of nitrogens with zero attached hydrogens (tertiary/aromatic N) is 1. The van der Waals surface area contributed by atoms with Crippen molar-refractivity contribution in [2.75, 3.05) is 0 Å². The Labute approximate surface area is 129 Å². The van der Waals surface area contributed by atoms with Gasteiger partial charge in [-0.2, -0.15) is 13.2 Å². The number of benzene rings is 1. The Morgan fingerprint density at radius 1 is 1.11 bits per heavy atom. The second-order valence-corrected chi connectivity index (χ2v) is 3.52. The molecule has 3 nitrogen and oxygen atoms in total. The van der Waals surface area contributed by atoms with Gasteiger partial charge in [-0.1, -0.05) is 12.1 Å². The van der Waals surface area contributed by atoms with E-state index in [9.17, 15) is 13.2 Å². The van der Waals surface area contributed by atoms with Gasteiger partial charge in [0.15, 0.2) is 0 Å². The zero-order chi connectivity index (χ0) is 12.5. The number of alkyl halides is 3. The number of halogens is 5. The first-order valence-corrected chi connectivity index (χ1v) is 4.92. The number of nitrogens with one attached hydrogen (secondary N) is 1. The van der Waals surface area contributed by atoms with Gasteiger partial charge < -0.3 is 10.7 Å². The molecular formula is C11H12Br2F3N3. The minimum absolute atomic E-state index is 0. The molecular weight excluding hydrogens is 391 g/mol. The Morgan fingerprint density at radius 3 is 2.11 bits per heavy atom. The van der Waals surface area contributed by atoms with Crippen LogP contribution in [-0.2, 0) is 12.7 Å². The zero-order valence-corrected chi connectivity index (χ0v) is 13.0. The summed E-state index contributed by atoms with van der Waals surface area (Å²) in [5.74, 6) is 0.597. The molecule has 0 aliphatic carbocycles. The van der Waals surface area contributed by atoms with Crippen LogP contribution in [0.5, 0.6) is 0 Å². The number of hydrogen-bond acceptors (Lipinski definition) is 2. The zero-order valence-electron chi connectivity index (χ0n) is 9.57. The van der Waals surface area contributed by atoms with Crippen LogP contribution < -0.4 is 5.73 Å². The molecule has 2 rings (SSSR count). The molecule has 2 aromatic rings. The third-order valence-electron chi connectivity index (χ3n) is 2.35. The fraction of sp³-hybridized carbons (Fsp3) is 0.182. The quantitative estimate of drug-likeness (QED) is 0.804. The van der Waals surface area contributed by atoms with Gasteiger partial charge in [0.05, 0.1) is 24.0 Å². The molecule has 1 heterocycles. The summed E-state index contributed by atoms with van der Waals surface area (Å²) in [5, 5.41) is 0. The maximum atomic E-state index is 12.3. The van der Waals surface area contributed by atoms with E-state index in [0.717, 1.165) is 12.1 Å². The van der Waals surface area contributed by atoms with E-state index in [-0.39, 0.29) is 40.5 Å². The van der Waals surface area contributed by atoms with Crippen LogP contribution in [0.2, 0.25) is 0 Å². The Balaban J connectivity index is 0.00000162. The van der Waals surface area contributed by atoms with Crippen LogP contribution in [0.4, 0.5) is 13.2 Å². The average Bonchev–Trinajstić information content (AvgIpc) is 2.76. The lowest BCUT2D eigenvalue weighted by atomic mass is 10.1. The van der Waals surface area contributed by atoms with Crippen molar-refractivity contribution in [1.29, 1.82) is 0 Å². The second kappa shape index (κ2) is 7.06. The summed E-state index contributed by atoms with van der Waals surface area (Å²) in [7, 11) is 0. The predicted molar refractivity (Wildman–Crippen MR) is 77.6 cm³/mol. The molecule has 0 atom stereocenters. The van der Waals surface area contributed by atoms with Gasteiger partial charge in [0.25, 0.3) is 0 Å². The topological polar surface area (TPSA) is 54.7 Å². The van der Waals surface area contributed by atoms with E-state index in [1.165, 1.54) is 12.1 Å². The monoisotopic (exact) mass is 401 g/mol. The van der Waals surface area contributed by atoms with Crippen LogP contribution in [0, 0.1) is 0 Å². The van der Waals surface area contributed by atoms with Crippen LogP contribution >= 0.6 is 34.0 Å². The number of aromatic amines is 1. The molecule has 0 radical (unpaired) electrons. The van der Waals surface area contributed by atoms with Crippen LogP contribution in [0.1, 0.15) is 11.4 Å². The van der Waals surface area contributed by atoms with Crippen molar-refractivity contribution in [2.24, 2.45) is 5.73 Å². The lowest BCUT2D eigenvalue weighted by Crippen LogP contribution is -2.04. The van der Waals surface area contributed by atoms with Crippen molar-refractivity contribution in [3.05, 3.63) is 41.9 Å². The van der Waals surface area contributed by atoms with Crippen LogP contribution in [0.25, 0.3) is 11.3 Å². The maximum absolute atomic E-state index is 12.3. The molecule has 0 bridgehead atoms. The molecule has 0 saturated carbocycles. The Hall–Kier alpha value is -0.860. The van der Waals surface area contributed by atoms with Crippen molar-refractivity contribution in [2.45, 2.75) is 12.7 Å². The number of nitrogens with two attached hydrogens (primary N) is 1. The summed E-state index contributed by atoms with van der Waals surface area (Å²) in [6.07, 6.45) is -2.76. The van der Waals surface area contributed by atoms with Crippen molar-refractivity contribution >= 4 is 34.0 Å². The summed E-state index contributed by atoms with van der Waals surface area (Å²) >= 11 is 0. The number of H-pyrrole nitrogens is 1. The van der Waals surface area contributed by atoms with Gasteiger partial charge in [0.1, 0.15) is 5.82 Å². The maximum Gasteiger partial charge on any atom is 0.416 e. The highest BCUT2D eigenvalue weighted by atomic mass is 79.9. The summed E-state index contributed by atoms with van der Waals surface area (Å²) in [4.78, 5) is 6.90. The second-order valence-electron chi connectivity index (χ2n) is 3.52. The first kappa shape index (κ1) is 18.1. The van der Waals surface area contributed by atoms with E-state index in [4.69, 9.17) is 5.73 Å². The van der Waals surface area contributed by atoms with Gasteiger partial charge >= 0.3 is 6.18 Å². The van der Waals surface area contributed by atoms with E-state index in [1.807, 2.05) is 0 Å². The molecule has 8 heteroatoms. The van der Waals surface area contributed by atoms with E-state index in [2.05, 4.69) is 9.97 Å². The van der Waals surface area contributed by atoms with Crippen molar-refractivity contribution < 1.29 is 13.2 Å². The van der Waals surface area contributed by atoms with Crippen LogP contribution in [-0.4, -0.2) is 9.97 Å². The van der Waals surface area contributed by atoms with Crippen molar-refractivity contribution in [1.82, 2.24) is 9.97 Å². The van der Waals surface area contributed by atoms with Gasteiger partial charge in [0, 0.05) is 0 Å². The molecule has 1 aromatic heterocycles. The van der Waals surface area contributed by atoms with E-state index >= 15 is 0 Å². The highest BCUT2D eigenvalue weighted by Gasteiger charge is 2.29. The highest BCUT2D eigenvalue weighted by Crippen LogP contribution is 2.30. The molecule has 0 aliphatic rings. The third kappa shape index (κ3) is 4.32. The van der Waals surface area contributed by atoms with Gasteiger partial charge in [0.2, 0.25) is 0 Å². The lowest BCUT2D eigenvalue weighted by Gasteiger charge is -2.06. The Kier molecular flexibility index (Phi) is 6.74. The van der Waals surface area contributed by atoms with E-state index in [0.29, 0.717) is 17.1 Å². The van der Waals surface area contributed by atoms with Crippen LogP contribution in [0.3, 0.4) is 0 Å². The number of aromatic nitrogens is 2. The molecule has 1 aromatic carbocycles. The molecule has 0 spiro atoms. The molecule has 0 amide bonds. The molecule has 3 N–H and O–H groups in total. The normalized spacial score (nSPS) is 10.5. The fourth-order valence-electron chi connectivity index (χ4n) is 1.45. The minimum Gasteiger partial charge on any atom is -0.341 e. The Bertz CT molecular complexity index is 509. The number of imidazole rings is 1. The summed E-state index contributed by atoms with van der Waals surface area (Å²) in [6.45, 7) is 0.265. The lowest BCUT2D eigenvalue weighted by molar-refractivity contribution is -0.137. The smallest absolute Gasteiger partial charge is 0.341 e.